The van der Waals surface area contributed by atoms with E-state index in [0.717, 1.165) is 86.0 Å². The molecule has 0 atom stereocenters. The molecule has 228 valence electrons. The van der Waals surface area contributed by atoms with Crippen molar-refractivity contribution in [3.05, 3.63) is 176 Å². The highest BCUT2D eigenvalue weighted by atomic mass is 14.9. The minimum Gasteiger partial charge on any atom is -0.243 e. The predicted octanol–water partition coefficient (Wildman–Crippen LogP) is 11.0. The lowest BCUT2D eigenvalue weighted by Gasteiger charge is -2.18. The number of rotatable bonds is 7. The van der Waals surface area contributed by atoms with Crippen LogP contribution in [0.3, 0.4) is 0 Å². The lowest BCUT2D eigenvalue weighted by molar-refractivity contribution is 1.03. The first-order valence-electron chi connectivity index (χ1n) is 16.3. The summed E-state index contributed by atoms with van der Waals surface area (Å²) in [6.45, 7) is 0. The van der Waals surface area contributed by atoms with E-state index in [2.05, 4.69) is 121 Å². The van der Waals surface area contributed by atoms with Gasteiger partial charge in [-0.1, -0.05) is 158 Å². The first-order valence-corrected chi connectivity index (χ1v) is 16.3. The molecule has 0 unspecified atom stereocenters. The highest BCUT2D eigenvalue weighted by Crippen LogP contribution is 2.38. The van der Waals surface area contributed by atoms with Crippen molar-refractivity contribution in [2.24, 2.45) is 0 Å². The number of allylic oxidation sites excluding steroid dienone is 4. The second kappa shape index (κ2) is 13.2. The third-order valence-electron chi connectivity index (χ3n) is 8.52. The van der Waals surface area contributed by atoms with Gasteiger partial charge in [0.25, 0.3) is 0 Å². The van der Waals surface area contributed by atoms with Gasteiger partial charge in [0.1, 0.15) is 0 Å². The maximum atomic E-state index is 5.46. The molecule has 0 radical (unpaired) electrons. The third kappa shape index (κ3) is 6.00. The van der Waals surface area contributed by atoms with E-state index in [1.54, 1.807) is 0 Å². The number of hydrogen-bond acceptors (Lipinski definition) is 4. The van der Waals surface area contributed by atoms with E-state index in [0.29, 0.717) is 5.82 Å². The van der Waals surface area contributed by atoms with Crippen LogP contribution in [0, 0.1) is 0 Å². The molecule has 2 heterocycles. The molecule has 0 bridgehead atoms. The first kappa shape index (κ1) is 29.2. The van der Waals surface area contributed by atoms with Crippen LogP contribution < -0.4 is 0 Å². The Morgan fingerprint density at radius 3 is 1.44 bits per heavy atom. The van der Waals surface area contributed by atoms with Crippen molar-refractivity contribution in [1.82, 2.24) is 19.9 Å². The second-order valence-corrected chi connectivity index (χ2v) is 11.8. The van der Waals surface area contributed by atoms with Crippen LogP contribution in [0.15, 0.2) is 170 Å². The van der Waals surface area contributed by atoms with Gasteiger partial charge in [0, 0.05) is 33.4 Å². The zero-order valence-corrected chi connectivity index (χ0v) is 26.4. The number of aromatic nitrogens is 4. The van der Waals surface area contributed by atoms with Gasteiger partial charge in [0.05, 0.1) is 34.2 Å². The van der Waals surface area contributed by atoms with Gasteiger partial charge in [-0.05, 0) is 30.5 Å². The molecule has 0 saturated carbocycles. The lowest BCUT2D eigenvalue weighted by Crippen LogP contribution is -2.03. The smallest absolute Gasteiger partial charge is 0.160 e. The van der Waals surface area contributed by atoms with E-state index < -0.39 is 0 Å². The summed E-state index contributed by atoms with van der Waals surface area (Å²) in [5.74, 6) is 0.687. The molecule has 1 aliphatic carbocycles. The van der Waals surface area contributed by atoms with Gasteiger partial charge in [-0.25, -0.2) is 19.9 Å². The summed E-state index contributed by atoms with van der Waals surface area (Å²) in [6.07, 6.45) is 8.70. The van der Waals surface area contributed by atoms with Crippen LogP contribution in [0.2, 0.25) is 0 Å². The van der Waals surface area contributed by atoms with Crippen LogP contribution in [0.1, 0.15) is 18.5 Å². The summed E-state index contributed by atoms with van der Waals surface area (Å²) in [5, 5.41) is 0. The van der Waals surface area contributed by atoms with E-state index in [4.69, 9.17) is 19.9 Å². The van der Waals surface area contributed by atoms with Crippen molar-refractivity contribution in [2.75, 3.05) is 0 Å². The highest BCUT2D eigenvalue weighted by Gasteiger charge is 2.21. The molecule has 8 rings (SSSR count). The molecule has 7 aromatic rings. The van der Waals surface area contributed by atoms with E-state index in [1.807, 2.05) is 48.5 Å². The number of benzene rings is 5. The molecule has 4 heteroatoms. The Kier molecular flexibility index (Phi) is 8.04. The molecular formula is C44H32N4. The van der Waals surface area contributed by atoms with Crippen molar-refractivity contribution in [1.29, 1.82) is 0 Å². The topological polar surface area (TPSA) is 51.6 Å². The molecule has 0 saturated heterocycles. The molecule has 48 heavy (non-hydrogen) atoms. The lowest BCUT2D eigenvalue weighted by atomic mass is 9.96. The van der Waals surface area contributed by atoms with Crippen LogP contribution in [0.4, 0.5) is 0 Å². The summed E-state index contributed by atoms with van der Waals surface area (Å²) in [5.41, 5.74) is 12.3. The summed E-state index contributed by atoms with van der Waals surface area (Å²) in [7, 11) is 0. The molecule has 0 fully saturated rings. The molecule has 4 nitrogen and oxygen atoms in total. The van der Waals surface area contributed by atoms with Gasteiger partial charge in [0.2, 0.25) is 0 Å². The third-order valence-corrected chi connectivity index (χ3v) is 8.52. The average Bonchev–Trinajstić information content (AvgIpc) is 3.19. The second-order valence-electron chi connectivity index (χ2n) is 11.8. The van der Waals surface area contributed by atoms with E-state index in [-0.39, 0.29) is 0 Å². The highest BCUT2D eigenvalue weighted by molar-refractivity contribution is 5.88. The van der Waals surface area contributed by atoms with Gasteiger partial charge in [-0.2, -0.15) is 0 Å². The standard InChI is InChI=1S/C44H32N4/c1-6-17-31(18-7-1)38-30-39(46-44(45-38)35-25-14-5-15-26-35)36-27-16-28-37(29-36)43-42(34-23-12-4-13-24-34)47-40(32-19-8-2-9-20-32)41(48-43)33-21-10-3-11-22-33/h1,3-8,10-30H,2,9H2. The summed E-state index contributed by atoms with van der Waals surface area (Å²) in [4.78, 5) is 21.0. The molecule has 0 spiro atoms. The fourth-order valence-electron chi connectivity index (χ4n) is 6.12. The molecule has 0 amide bonds. The van der Waals surface area contributed by atoms with Crippen LogP contribution in [-0.2, 0) is 0 Å². The maximum absolute atomic E-state index is 5.46. The molecule has 1 aliphatic rings. The Bertz CT molecular complexity index is 2200. The first-order chi connectivity index (χ1) is 23.8. The Hall–Kier alpha value is -6.26. The molecular weight excluding hydrogens is 585 g/mol. The quantitative estimate of drug-likeness (QED) is 0.179. The number of nitrogens with zero attached hydrogens (tertiary/aromatic N) is 4. The van der Waals surface area contributed by atoms with Crippen LogP contribution in [0.25, 0.3) is 73.2 Å². The van der Waals surface area contributed by atoms with Gasteiger partial charge < -0.3 is 0 Å². The summed E-state index contributed by atoms with van der Waals surface area (Å²) < 4.78 is 0. The Morgan fingerprint density at radius 2 is 0.833 bits per heavy atom. The molecule has 0 aliphatic heterocycles. The van der Waals surface area contributed by atoms with Crippen molar-refractivity contribution in [2.45, 2.75) is 12.8 Å². The number of hydrogen-bond donors (Lipinski definition) is 0. The fourth-order valence-corrected chi connectivity index (χ4v) is 6.12. The van der Waals surface area contributed by atoms with Crippen molar-refractivity contribution >= 4 is 5.57 Å². The van der Waals surface area contributed by atoms with E-state index >= 15 is 0 Å². The van der Waals surface area contributed by atoms with E-state index in [1.165, 1.54) is 0 Å². The Balaban J connectivity index is 1.33. The Morgan fingerprint density at radius 1 is 0.354 bits per heavy atom. The summed E-state index contributed by atoms with van der Waals surface area (Å²) >= 11 is 0. The average molecular weight is 617 g/mol. The van der Waals surface area contributed by atoms with Gasteiger partial charge >= 0.3 is 0 Å². The zero-order chi connectivity index (χ0) is 32.1. The minimum atomic E-state index is 0.687. The maximum Gasteiger partial charge on any atom is 0.160 e. The van der Waals surface area contributed by atoms with Gasteiger partial charge in [0.15, 0.2) is 5.82 Å². The molecule has 0 N–H and O–H groups in total. The molecule has 2 aromatic heterocycles. The van der Waals surface area contributed by atoms with Crippen LogP contribution >= 0.6 is 0 Å². The summed E-state index contributed by atoms with van der Waals surface area (Å²) in [6, 6.07) is 51.7. The van der Waals surface area contributed by atoms with E-state index in [9.17, 15) is 0 Å². The van der Waals surface area contributed by atoms with Crippen molar-refractivity contribution in [3.63, 3.8) is 0 Å². The fraction of sp³-hybridized carbons (Fsp3) is 0.0455. The monoisotopic (exact) mass is 616 g/mol. The largest absolute Gasteiger partial charge is 0.243 e. The van der Waals surface area contributed by atoms with Crippen molar-refractivity contribution in [3.8, 4) is 67.7 Å². The minimum absolute atomic E-state index is 0.687. The predicted molar refractivity (Wildman–Crippen MR) is 197 cm³/mol. The zero-order valence-electron chi connectivity index (χ0n) is 26.4. The molecule has 5 aromatic carbocycles. The van der Waals surface area contributed by atoms with Crippen LogP contribution in [-0.4, -0.2) is 19.9 Å². The van der Waals surface area contributed by atoms with Crippen molar-refractivity contribution < 1.29 is 0 Å². The SMILES string of the molecule is C1=CC(c2nc(-c3ccccc3)c(-c3cccc(-c4cc(-c5ccccc5)nc(-c5ccccc5)n4)c3)nc2-c2ccccc2)=CCC1. The van der Waals surface area contributed by atoms with Gasteiger partial charge in [-0.3, -0.25) is 0 Å². The normalized spacial score (nSPS) is 12.5. The van der Waals surface area contributed by atoms with Gasteiger partial charge in [-0.15, -0.1) is 0 Å². The van der Waals surface area contributed by atoms with Crippen LogP contribution in [0.5, 0.6) is 0 Å². The Labute approximate surface area is 280 Å².